The maximum absolute atomic E-state index is 12.2. The summed E-state index contributed by atoms with van der Waals surface area (Å²) in [6.45, 7) is 1.76. The maximum atomic E-state index is 12.2. The molecule has 0 spiro atoms. The topological polar surface area (TPSA) is 56.5 Å². The van der Waals surface area contributed by atoms with E-state index in [4.69, 9.17) is 20.8 Å². The molecule has 0 aliphatic heterocycles. The quantitative estimate of drug-likeness (QED) is 0.408. The lowest BCUT2D eigenvalue weighted by Crippen LogP contribution is -2.19. The van der Waals surface area contributed by atoms with E-state index in [9.17, 15) is 9.59 Å². The van der Waals surface area contributed by atoms with Gasteiger partial charge in [-0.2, -0.15) is 0 Å². The summed E-state index contributed by atoms with van der Waals surface area (Å²) < 4.78 is 10.4. The van der Waals surface area contributed by atoms with Gasteiger partial charge in [0.05, 0.1) is 0 Å². The first-order valence-electron chi connectivity index (χ1n) is 6.56. The van der Waals surface area contributed by atoms with Crippen LogP contribution in [0.1, 0.15) is 15.9 Å². The second-order valence-corrected chi connectivity index (χ2v) is 5.22. The van der Waals surface area contributed by atoms with Crippen LogP contribution in [0.5, 0.6) is 5.75 Å². The number of carbonyl (C=O) groups is 1. The van der Waals surface area contributed by atoms with Crippen LogP contribution in [-0.2, 0) is 0 Å². The van der Waals surface area contributed by atoms with E-state index in [2.05, 4.69) is 0 Å². The largest absolute Gasteiger partial charge is 0.422 e. The minimum Gasteiger partial charge on any atom is -0.422 e. The molecule has 22 heavy (non-hydrogen) atoms. The van der Waals surface area contributed by atoms with Crippen LogP contribution in [0.25, 0.3) is 11.0 Å². The first-order valence-corrected chi connectivity index (χ1v) is 6.93. The lowest BCUT2D eigenvalue weighted by Gasteiger charge is -2.07. The third-order valence-electron chi connectivity index (χ3n) is 3.20. The van der Waals surface area contributed by atoms with E-state index in [0.29, 0.717) is 27.3 Å². The molecule has 3 rings (SSSR count). The highest BCUT2D eigenvalue weighted by Gasteiger charge is 2.17. The average Bonchev–Trinajstić information content (AvgIpc) is 2.49. The Morgan fingerprint density at radius 2 is 1.91 bits per heavy atom. The zero-order chi connectivity index (χ0) is 15.7. The fourth-order valence-corrected chi connectivity index (χ4v) is 2.31. The second kappa shape index (κ2) is 5.66. The Labute approximate surface area is 130 Å². The van der Waals surface area contributed by atoms with Crippen molar-refractivity contribution in [3.8, 4) is 5.75 Å². The van der Waals surface area contributed by atoms with E-state index < -0.39 is 11.6 Å². The SMILES string of the molecule is Cc1cc(Cl)ccc1OC(=O)c1cc2ccccc2oc1=O. The Morgan fingerprint density at radius 1 is 1.14 bits per heavy atom. The van der Waals surface area contributed by atoms with E-state index in [1.165, 1.54) is 6.07 Å². The minimum absolute atomic E-state index is 0.145. The monoisotopic (exact) mass is 314 g/mol. The van der Waals surface area contributed by atoms with Gasteiger partial charge in [-0.25, -0.2) is 9.59 Å². The second-order valence-electron chi connectivity index (χ2n) is 4.78. The third-order valence-corrected chi connectivity index (χ3v) is 3.44. The summed E-state index contributed by atoms with van der Waals surface area (Å²) in [5.41, 5.74) is 0.251. The molecule has 0 fully saturated rings. The lowest BCUT2D eigenvalue weighted by molar-refractivity contribution is 0.0729. The summed E-state index contributed by atoms with van der Waals surface area (Å²) in [7, 11) is 0. The van der Waals surface area contributed by atoms with Gasteiger partial charge < -0.3 is 9.15 Å². The van der Waals surface area contributed by atoms with Gasteiger partial charge in [0.1, 0.15) is 16.9 Å². The summed E-state index contributed by atoms with van der Waals surface area (Å²) in [4.78, 5) is 24.1. The summed E-state index contributed by atoms with van der Waals surface area (Å²) in [6.07, 6.45) is 0. The van der Waals surface area contributed by atoms with Crippen molar-refractivity contribution < 1.29 is 13.9 Å². The molecule has 0 radical (unpaired) electrons. The zero-order valence-electron chi connectivity index (χ0n) is 11.6. The van der Waals surface area contributed by atoms with Gasteiger partial charge in [0.15, 0.2) is 0 Å². The molecule has 0 saturated carbocycles. The van der Waals surface area contributed by atoms with Gasteiger partial charge in [-0.1, -0.05) is 29.8 Å². The molecule has 0 N–H and O–H groups in total. The van der Waals surface area contributed by atoms with Crippen molar-refractivity contribution in [3.63, 3.8) is 0 Å². The summed E-state index contributed by atoms with van der Waals surface area (Å²) >= 11 is 5.86. The molecule has 0 bridgehead atoms. The lowest BCUT2D eigenvalue weighted by atomic mass is 10.2. The van der Waals surface area contributed by atoms with Gasteiger partial charge in [-0.3, -0.25) is 0 Å². The molecule has 5 heteroatoms. The smallest absolute Gasteiger partial charge is 0.351 e. The Kier molecular flexibility index (Phi) is 3.69. The normalized spacial score (nSPS) is 10.6. The Hall–Kier alpha value is -2.59. The minimum atomic E-state index is -0.759. The van der Waals surface area contributed by atoms with Crippen LogP contribution in [-0.4, -0.2) is 5.97 Å². The fourth-order valence-electron chi connectivity index (χ4n) is 2.09. The number of rotatable bonds is 2. The van der Waals surface area contributed by atoms with Crippen molar-refractivity contribution in [1.29, 1.82) is 0 Å². The number of ether oxygens (including phenoxy) is 1. The summed E-state index contributed by atoms with van der Waals surface area (Å²) in [5, 5.41) is 1.20. The number of benzene rings is 2. The number of para-hydroxylation sites is 1. The van der Waals surface area contributed by atoms with E-state index in [-0.39, 0.29) is 5.56 Å². The molecule has 0 atom stereocenters. The third kappa shape index (κ3) is 2.73. The van der Waals surface area contributed by atoms with Gasteiger partial charge in [0.2, 0.25) is 0 Å². The van der Waals surface area contributed by atoms with Crippen LogP contribution in [0.2, 0.25) is 5.02 Å². The van der Waals surface area contributed by atoms with Gasteiger partial charge in [-0.15, -0.1) is 0 Å². The van der Waals surface area contributed by atoms with Gasteiger partial charge >= 0.3 is 11.6 Å². The molecule has 2 aromatic carbocycles. The highest BCUT2D eigenvalue weighted by Crippen LogP contribution is 2.23. The number of fused-ring (bicyclic) bond motifs is 1. The van der Waals surface area contributed by atoms with Crippen LogP contribution in [0, 0.1) is 6.92 Å². The first-order chi connectivity index (χ1) is 10.5. The van der Waals surface area contributed by atoms with Crippen molar-refractivity contribution in [2.24, 2.45) is 0 Å². The van der Waals surface area contributed by atoms with E-state index >= 15 is 0 Å². The highest BCUT2D eigenvalue weighted by molar-refractivity contribution is 6.30. The van der Waals surface area contributed by atoms with Crippen molar-refractivity contribution in [2.45, 2.75) is 6.92 Å². The van der Waals surface area contributed by atoms with Crippen LogP contribution in [0.15, 0.2) is 57.7 Å². The first kappa shape index (κ1) is 14.4. The number of aryl methyl sites for hydroxylation is 1. The highest BCUT2D eigenvalue weighted by atomic mass is 35.5. The Balaban J connectivity index is 1.98. The molecule has 0 amide bonds. The predicted octanol–water partition coefficient (Wildman–Crippen LogP) is 3.97. The molecule has 1 heterocycles. The van der Waals surface area contributed by atoms with Crippen LogP contribution in [0.3, 0.4) is 0 Å². The Bertz CT molecular complexity index is 927. The van der Waals surface area contributed by atoms with Gasteiger partial charge in [-0.05, 0) is 42.8 Å². The van der Waals surface area contributed by atoms with Crippen molar-refractivity contribution in [2.75, 3.05) is 0 Å². The predicted molar refractivity (Wildman–Crippen MR) is 83.6 cm³/mol. The number of halogens is 1. The van der Waals surface area contributed by atoms with Gasteiger partial charge in [0, 0.05) is 10.4 Å². The summed E-state index contributed by atoms with van der Waals surface area (Å²) in [5.74, 6) is -0.410. The van der Waals surface area contributed by atoms with Crippen molar-refractivity contribution >= 4 is 28.5 Å². The maximum Gasteiger partial charge on any atom is 0.351 e. The number of hydrogen-bond donors (Lipinski definition) is 0. The molecule has 1 aromatic heterocycles. The molecule has 0 saturated heterocycles. The average molecular weight is 315 g/mol. The molecule has 3 aromatic rings. The van der Waals surface area contributed by atoms with Crippen molar-refractivity contribution in [1.82, 2.24) is 0 Å². The van der Waals surface area contributed by atoms with E-state index in [1.807, 2.05) is 0 Å². The molecule has 0 aliphatic rings. The van der Waals surface area contributed by atoms with Crippen LogP contribution >= 0.6 is 11.6 Å². The summed E-state index contributed by atoms with van der Waals surface area (Å²) in [6, 6.07) is 13.3. The Morgan fingerprint density at radius 3 is 2.68 bits per heavy atom. The van der Waals surface area contributed by atoms with Crippen LogP contribution in [0.4, 0.5) is 0 Å². The van der Waals surface area contributed by atoms with Crippen molar-refractivity contribution in [3.05, 3.63) is 75.1 Å². The number of hydrogen-bond acceptors (Lipinski definition) is 4. The van der Waals surface area contributed by atoms with E-state index in [0.717, 1.165) is 0 Å². The van der Waals surface area contributed by atoms with Gasteiger partial charge in [0.25, 0.3) is 0 Å². The molecule has 0 unspecified atom stereocenters. The number of esters is 1. The standard InChI is InChI=1S/C17H11ClO4/c1-10-8-12(18)6-7-14(10)21-16(19)13-9-11-4-2-3-5-15(11)22-17(13)20/h2-9H,1H3. The van der Waals surface area contributed by atoms with E-state index in [1.54, 1.807) is 49.4 Å². The molecule has 110 valence electrons. The zero-order valence-corrected chi connectivity index (χ0v) is 12.4. The van der Waals surface area contributed by atoms with Crippen LogP contribution < -0.4 is 10.4 Å². The fraction of sp³-hybridized carbons (Fsp3) is 0.0588. The molecule has 4 nitrogen and oxygen atoms in total. The molecule has 0 aliphatic carbocycles. The molecular formula is C17H11ClO4. The number of carbonyl (C=O) groups excluding carboxylic acids is 1. The molecular weight excluding hydrogens is 304 g/mol.